The summed E-state index contributed by atoms with van der Waals surface area (Å²) in [6.07, 6.45) is 2.66. The Bertz CT molecular complexity index is 461. The molecule has 1 aromatic rings. The number of hydrogen-bond donors (Lipinski definition) is 1. The average molecular weight is 276 g/mol. The maximum absolute atomic E-state index is 12.4. The van der Waals surface area contributed by atoms with Crippen molar-refractivity contribution < 1.29 is 4.79 Å². The molecule has 5 heteroatoms. The fourth-order valence-corrected chi connectivity index (χ4v) is 2.33. The first-order valence-corrected chi connectivity index (χ1v) is 7.20. The summed E-state index contributed by atoms with van der Waals surface area (Å²) in [6, 6.07) is 3.79. The lowest BCUT2D eigenvalue weighted by molar-refractivity contribution is -0.140. The Morgan fingerprint density at radius 3 is 2.45 bits per heavy atom. The van der Waals surface area contributed by atoms with Gasteiger partial charge in [-0.15, -0.1) is 0 Å². The van der Waals surface area contributed by atoms with Crippen LogP contribution in [-0.4, -0.2) is 42.0 Å². The highest BCUT2D eigenvalue weighted by atomic mass is 16.2. The molecule has 0 atom stereocenters. The topological polar surface area (TPSA) is 62.5 Å². The number of hydrogen-bond acceptors (Lipinski definition) is 4. The molecule has 0 aliphatic carbocycles. The molecule has 1 aliphatic rings. The standard InChI is InChI=1S/C15H24N4O/c1-4-15(2,3)14(20)19-9-7-18(8-10-19)12-5-6-13(16)17-11-12/h5-6,11H,4,7-10H2,1-3H3,(H2,16,17). The van der Waals surface area contributed by atoms with E-state index in [0.717, 1.165) is 38.3 Å². The van der Waals surface area contributed by atoms with Crippen molar-refractivity contribution in [1.82, 2.24) is 9.88 Å². The number of aromatic nitrogens is 1. The van der Waals surface area contributed by atoms with Crippen LogP contribution in [0.25, 0.3) is 0 Å². The minimum Gasteiger partial charge on any atom is -0.384 e. The van der Waals surface area contributed by atoms with Crippen molar-refractivity contribution in [1.29, 1.82) is 0 Å². The fourth-order valence-electron chi connectivity index (χ4n) is 2.33. The number of nitrogens with zero attached hydrogens (tertiary/aromatic N) is 3. The van der Waals surface area contributed by atoms with Crippen LogP contribution in [0.2, 0.25) is 0 Å². The van der Waals surface area contributed by atoms with Crippen LogP contribution in [0.3, 0.4) is 0 Å². The summed E-state index contributed by atoms with van der Waals surface area (Å²) in [5.74, 6) is 0.794. The van der Waals surface area contributed by atoms with Gasteiger partial charge in [0, 0.05) is 31.6 Å². The first-order chi connectivity index (χ1) is 9.44. The highest BCUT2D eigenvalue weighted by molar-refractivity contribution is 5.82. The van der Waals surface area contributed by atoms with Gasteiger partial charge in [0.05, 0.1) is 11.9 Å². The van der Waals surface area contributed by atoms with Crippen LogP contribution in [0.1, 0.15) is 27.2 Å². The van der Waals surface area contributed by atoms with Crippen LogP contribution in [0.5, 0.6) is 0 Å². The minimum atomic E-state index is -0.259. The van der Waals surface area contributed by atoms with E-state index >= 15 is 0 Å². The molecule has 0 radical (unpaired) electrons. The number of nitrogen functional groups attached to an aromatic ring is 1. The van der Waals surface area contributed by atoms with Crippen molar-refractivity contribution in [3.05, 3.63) is 18.3 Å². The Balaban J connectivity index is 1.96. The summed E-state index contributed by atoms with van der Waals surface area (Å²) in [6.45, 7) is 9.33. The van der Waals surface area contributed by atoms with Crippen LogP contribution in [0.15, 0.2) is 18.3 Å². The van der Waals surface area contributed by atoms with Gasteiger partial charge in [-0.25, -0.2) is 4.98 Å². The maximum atomic E-state index is 12.4. The van der Waals surface area contributed by atoms with Crippen molar-refractivity contribution >= 4 is 17.4 Å². The molecule has 1 fully saturated rings. The zero-order chi connectivity index (χ0) is 14.8. The Morgan fingerprint density at radius 2 is 1.95 bits per heavy atom. The molecule has 0 aromatic carbocycles. The lowest BCUT2D eigenvalue weighted by atomic mass is 9.88. The van der Waals surface area contributed by atoms with Crippen LogP contribution in [0, 0.1) is 5.41 Å². The van der Waals surface area contributed by atoms with Gasteiger partial charge in [0.25, 0.3) is 0 Å². The third-order valence-corrected chi connectivity index (χ3v) is 4.17. The lowest BCUT2D eigenvalue weighted by Gasteiger charge is -2.39. The molecule has 20 heavy (non-hydrogen) atoms. The SMILES string of the molecule is CCC(C)(C)C(=O)N1CCN(c2ccc(N)nc2)CC1. The van der Waals surface area contributed by atoms with Gasteiger partial charge in [-0.1, -0.05) is 20.8 Å². The average Bonchev–Trinajstić information content (AvgIpc) is 2.47. The molecular formula is C15H24N4O. The van der Waals surface area contributed by atoms with Gasteiger partial charge >= 0.3 is 0 Å². The monoisotopic (exact) mass is 276 g/mol. The van der Waals surface area contributed by atoms with Gasteiger partial charge in [-0.05, 0) is 18.6 Å². The van der Waals surface area contributed by atoms with Crippen LogP contribution in [-0.2, 0) is 4.79 Å². The van der Waals surface area contributed by atoms with E-state index in [1.807, 2.05) is 30.9 Å². The predicted octanol–water partition coefficient (Wildman–Crippen LogP) is 1.75. The molecule has 1 aromatic heterocycles. The Labute approximate surface area is 120 Å². The van der Waals surface area contributed by atoms with Gasteiger partial charge in [0.15, 0.2) is 0 Å². The number of nitrogens with two attached hydrogens (primary N) is 1. The molecule has 0 unspecified atom stereocenters. The second-order valence-electron chi connectivity index (χ2n) is 5.96. The number of carbonyl (C=O) groups excluding carboxylic acids is 1. The van der Waals surface area contributed by atoms with Crippen molar-refractivity contribution in [3.8, 4) is 0 Å². The smallest absolute Gasteiger partial charge is 0.228 e. The Kier molecular flexibility index (Phi) is 4.16. The molecular weight excluding hydrogens is 252 g/mol. The molecule has 0 spiro atoms. The van der Waals surface area contributed by atoms with E-state index in [-0.39, 0.29) is 11.3 Å². The molecule has 2 heterocycles. The van der Waals surface area contributed by atoms with Crippen molar-refractivity contribution in [2.75, 3.05) is 36.8 Å². The Hall–Kier alpha value is -1.78. The summed E-state index contributed by atoms with van der Waals surface area (Å²) in [4.78, 5) is 20.8. The zero-order valence-electron chi connectivity index (χ0n) is 12.6. The lowest BCUT2D eigenvalue weighted by Crippen LogP contribution is -2.52. The van der Waals surface area contributed by atoms with Gasteiger partial charge in [-0.2, -0.15) is 0 Å². The van der Waals surface area contributed by atoms with Gasteiger partial charge in [0.1, 0.15) is 5.82 Å². The molecule has 2 N–H and O–H groups in total. The summed E-state index contributed by atoms with van der Waals surface area (Å²) < 4.78 is 0. The fraction of sp³-hybridized carbons (Fsp3) is 0.600. The van der Waals surface area contributed by atoms with E-state index in [0.29, 0.717) is 5.82 Å². The van der Waals surface area contributed by atoms with Crippen LogP contribution >= 0.6 is 0 Å². The molecule has 110 valence electrons. The third-order valence-electron chi connectivity index (χ3n) is 4.17. The quantitative estimate of drug-likeness (QED) is 0.913. The zero-order valence-corrected chi connectivity index (χ0v) is 12.6. The highest BCUT2D eigenvalue weighted by Crippen LogP contribution is 2.24. The number of pyridine rings is 1. The van der Waals surface area contributed by atoms with Crippen molar-refractivity contribution in [3.63, 3.8) is 0 Å². The van der Waals surface area contributed by atoms with Crippen molar-refractivity contribution in [2.45, 2.75) is 27.2 Å². The number of amides is 1. The highest BCUT2D eigenvalue weighted by Gasteiger charge is 2.32. The second-order valence-corrected chi connectivity index (χ2v) is 5.96. The second kappa shape index (κ2) is 5.69. The summed E-state index contributed by atoms with van der Waals surface area (Å²) in [5.41, 5.74) is 6.41. The minimum absolute atomic E-state index is 0.259. The summed E-state index contributed by atoms with van der Waals surface area (Å²) in [5, 5.41) is 0. The number of rotatable bonds is 3. The van der Waals surface area contributed by atoms with Gasteiger partial charge in [-0.3, -0.25) is 4.79 Å². The number of anilines is 2. The molecule has 2 rings (SSSR count). The molecule has 1 amide bonds. The van der Waals surface area contributed by atoms with Gasteiger partial charge < -0.3 is 15.5 Å². The number of carbonyl (C=O) groups is 1. The molecule has 0 bridgehead atoms. The van der Waals surface area contributed by atoms with E-state index in [4.69, 9.17) is 5.73 Å². The number of piperazine rings is 1. The van der Waals surface area contributed by atoms with Crippen LogP contribution in [0.4, 0.5) is 11.5 Å². The molecule has 1 saturated heterocycles. The first-order valence-electron chi connectivity index (χ1n) is 7.20. The van der Waals surface area contributed by atoms with E-state index in [1.165, 1.54) is 0 Å². The first kappa shape index (κ1) is 14.6. The summed E-state index contributed by atoms with van der Waals surface area (Å²) in [7, 11) is 0. The largest absolute Gasteiger partial charge is 0.384 e. The molecule has 0 saturated carbocycles. The predicted molar refractivity (Wildman–Crippen MR) is 81.5 cm³/mol. The molecule has 5 nitrogen and oxygen atoms in total. The third kappa shape index (κ3) is 3.03. The van der Waals surface area contributed by atoms with Crippen molar-refractivity contribution in [2.24, 2.45) is 5.41 Å². The van der Waals surface area contributed by atoms with Gasteiger partial charge in [0.2, 0.25) is 5.91 Å². The van der Waals surface area contributed by atoms with Crippen LogP contribution < -0.4 is 10.6 Å². The summed E-state index contributed by atoms with van der Waals surface area (Å²) >= 11 is 0. The normalized spacial score (nSPS) is 16.4. The molecule has 1 aliphatic heterocycles. The van der Waals surface area contributed by atoms with E-state index < -0.39 is 0 Å². The van der Waals surface area contributed by atoms with E-state index in [1.54, 1.807) is 6.20 Å². The van der Waals surface area contributed by atoms with E-state index in [2.05, 4.69) is 16.8 Å². The van der Waals surface area contributed by atoms with E-state index in [9.17, 15) is 4.79 Å². The maximum Gasteiger partial charge on any atom is 0.228 e. The Morgan fingerprint density at radius 1 is 1.30 bits per heavy atom.